The Kier molecular flexibility index (Phi) is 2.77. The molecule has 2 aromatic heterocycles. The molecule has 0 aromatic carbocycles. The van der Waals surface area contributed by atoms with Crippen LogP contribution in [0.4, 0.5) is 0 Å². The van der Waals surface area contributed by atoms with E-state index in [2.05, 4.69) is 0 Å². The molecule has 0 N–H and O–H groups in total. The highest BCUT2D eigenvalue weighted by Crippen LogP contribution is 2.51. The average Bonchev–Trinajstić information content (AvgIpc) is 2.84. The lowest BCUT2D eigenvalue weighted by atomic mass is 10.2. The Morgan fingerprint density at radius 1 is 1.24 bits per heavy atom. The van der Waals surface area contributed by atoms with E-state index in [9.17, 15) is 9.00 Å². The number of carbonyl (C=O) groups excluding carboxylic acids is 1. The van der Waals surface area contributed by atoms with Crippen LogP contribution in [-0.4, -0.2) is 15.7 Å². The number of carbonyl (C=O) groups is 1. The molecule has 0 saturated carbocycles. The van der Waals surface area contributed by atoms with Crippen LogP contribution in [0.1, 0.15) is 23.3 Å². The van der Waals surface area contributed by atoms with Gasteiger partial charge in [0.05, 0.1) is 11.0 Å². The van der Waals surface area contributed by atoms with Gasteiger partial charge >= 0.3 is 0 Å². The summed E-state index contributed by atoms with van der Waals surface area (Å²) >= 11 is 3.38. The third kappa shape index (κ3) is 1.73. The monoisotopic (exact) mass is 282 g/mol. The summed E-state index contributed by atoms with van der Waals surface area (Å²) in [6.45, 7) is 1.50. The molecule has 1 aliphatic rings. The predicted molar refractivity (Wildman–Crippen MR) is 73.2 cm³/mol. The van der Waals surface area contributed by atoms with E-state index in [0.717, 1.165) is 11.1 Å². The normalized spacial score (nSPS) is 15.6. The fourth-order valence-electron chi connectivity index (χ4n) is 2.15. The first-order chi connectivity index (χ1) is 8.18. The van der Waals surface area contributed by atoms with Crippen LogP contribution in [0, 0.1) is 0 Å². The standard InChI is InChI=1S/C12H10O2S3/c1-7(13)6-17(14)12-8-2-4-15-10(8)11-9(12)3-5-16-11/h2-5,12H,6H2,1H3. The molecule has 0 bridgehead atoms. The molecule has 88 valence electrons. The van der Waals surface area contributed by atoms with Crippen LogP contribution in [-0.2, 0) is 15.6 Å². The first-order valence-electron chi connectivity index (χ1n) is 5.20. The van der Waals surface area contributed by atoms with Gasteiger partial charge in [-0.05, 0) is 40.9 Å². The molecule has 1 atom stereocenters. The zero-order valence-electron chi connectivity index (χ0n) is 9.14. The molecule has 17 heavy (non-hydrogen) atoms. The smallest absolute Gasteiger partial charge is 0.142 e. The van der Waals surface area contributed by atoms with Gasteiger partial charge in [0.15, 0.2) is 0 Å². The van der Waals surface area contributed by atoms with E-state index in [4.69, 9.17) is 0 Å². The van der Waals surface area contributed by atoms with E-state index in [1.165, 1.54) is 16.7 Å². The van der Waals surface area contributed by atoms with Crippen LogP contribution in [0.25, 0.3) is 9.75 Å². The van der Waals surface area contributed by atoms with Gasteiger partial charge in [0.25, 0.3) is 0 Å². The van der Waals surface area contributed by atoms with E-state index in [1.807, 2.05) is 22.9 Å². The van der Waals surface area contributed by atoms with E-state index in [1.54, 1.807) is 22.7 Å². The molecule has 0 fully saturated rings. The van der Waals surface area contributed by atoms with Crippen molar-refractivity contribution in [3.63, 3.8) is 0 Å². The highest BCUT2D eigenvalue weighted by Gasteiger charge is 2.35. The fraction of sp³-hybridized carbons (Fsp3) is 0.250. The molecular formula is C12H10O2S3. The number of hydrogen-bond donors (Lipinski definition) is 0. The van der Waals surface area contributed by atoms with Gasteiger partial charge in [0.1, 0.15) is 5.78 Å². The fourth-order valence-corrected chi connectivity index (χ4v) is 5.91. The summed E-state index contributed by atoms with van der Waals surface area (Å²) in [6, 6.07) is 4.07. The minimum atomic E-state index is -1.14. The SMILES string of the molecule is CC(=O)CS(=O)C1c2ccsc2-c2sccc21. The average molecular weight is 282 g/mol. The molecule has 0 spiro atoms. The lowest BCUT2D eigenvalue weighted by molar-refractivity contribution is -0.114. The van der Waals surface area contributed by atoms with E-state index < -0.39 is 10.8 Å². The van der Waals surface area contributed by atoms with Gasteiger partial charge in [-0.3, -0.25) is 9.00 Å². The summed E-state index contributed by atoms with van der Waals surface area (Å²) in [7, 11) is -1.14. The molecule has 0 saturated heterocycles. The Morgan fingerprint density at radius 3 is 2.24 bits per heavy atom. The molecule has 2 aromatic rings. The van der Waals surface area contributed by atoms with Crippen molar-refractivity contribution in [2.75, 3.05) is 5.75 Å². The van der Waals surface area contributed by atoms with Crippen LogP contribution < -0.4 is 0 Å². The predicted octanol–water partition coefficient (Wildman–Crippen LogP) is 3.22. The largest absolute Gasteiger partial charge is 0.299 e. The van der Waals surface area contributed by atoms with Crippen molar-refractivity contribution in [2.24, 2.45) is 0 Å². The van der Waals surface area contributed by atoms with Gasteiger partial charge < -0.3 is 0 Å². The maximum atomic E-state index is 12.3. The molecule has 1 unspecified atom stereocenters. The van der Waals surface area contributed by atoms with Gasteiger partial charge in [-0.25, -0.2) is 0 Å². The molecule has 0 amide bonds. The van der Waals surface area contributed by atoms with Crippen LogP contribution in [0.3, 0.4) is 0 Å². The minimum Gasteiger partial charge on any atom is -0.299 e. The molecule has 2 heterocycles. The summed E-state index contributed by atoms with van der Waals surface area (Å²) in [5.41, 5.74) is 2.27. The van der Waals surface area contributed by atoms with E-state index in [0.29, 0.717) is 0 Å². The summed E-state index contributed by atoms with van der Waals surface area (Å²) in [5, 5.41) is 3.97. The second kappa shape index (κ2) is 4.15. The summed E-state index contributed by atoms with van der Waals surface area (Å²) < 4.78 is 12.3. The Labute approximate surface area is 110 Å². The second-order valence-electron chi connectivity index (χ2n) is 4.02. The van der Waals surface area contributed by atoms with Gasteiger partial charge in [0.2, 0.25) is 0 Å². The van der Waals surface area contributed by atoms with Crippen LogP contribution in [0.5, 0.6) is 0 Å². The number of thiophene rings is 2. The lowest BCUT2D eigenvalue weighted by Gasteiger charge is -2.09. The van der Waals surface area contributed by atoms with Crippen LogP contribution in [0.15, 0.2) is 22.9 Å². The van der Waals surface area contributed by atoms with Crippen molar-refractivity contribution in [3.05, 3.63) is 34.0 Å². The van der Waals surface area contributed by atoms with E-state index in [-0.39, 0.29) is 16.8 Å². The zero-order valence-corrected chi connectivity index (χ0v) is 11.6. The third-order valence-electron chi connectivity index (χ3n) is 2.77. The molecule has 3 rings (SSSR count). The zero-order chi connectivity index (χ0) is 12.0. The molecule has 0 radical (unpaired) electrons. The van der Waals surface area contributed by atoms with Crippen LogP contribution in [0.2, 0.25) is 0 Å². The number of hydrogen-bond acceptors (Lipinski definition) is 4. The van der Waals surface area contributed by atoms with Crippen molar-refractivity contribution in [1.82, 2.24) is 0 Å². The molecular weight excluding hydrogens is 272 g/mol. The number of Topliss-reactive ketones (excluding diaryl/α,β-unsaturated/α-hetero) is 1. The van der Waals surface area contributed by atoms with Crippen molar-refractivity contribution < 1.29 is 9.00 Å². The Balaban J connectivity index is 2.07. The van der Waals surface area contributed by atoms with Crippen molar-refractivity contribution in [3.8, 4) is 9.75 Å². The molecule has 2 nitrogen and oxygen atoms in total. The van der Waals surface area contributed by atoms with Crippen LogP contribution >= 0.6 is 22.7 Å². The molecule has 1 aliphatic carbocycles. The van der Waals surface area contributed by atoms with Gasteiger partial charge in [-0.2, -0.15) is 0 Å². The molecule has 0 aliphatic heterocycles. The second-order valence-corrected chi connectivity index (χ2v) is 7.37. The number of ketones is 1. The van der Waals surface area contributed by atoms with Crippen molar-refractivity contribution in [2.45, 2.75) is 12.2 Å². The summed E-state index contributed by atoms with van der Waals surface area (Å²) in [4.78, 5) is 13.6. The first kappa shape index (κ1) is 11.3. The first-order valence-corrected chi connectivity index (χ1v) is 8.34. The van der Waals surface area contributed by atoms with Gasteiger partial charge in [0, 0.05) is 20.6 Å². The van der Waals surface area contributed by atoms with Gasteiger partial charge in [-0.1, -0.05) is 0 Å². The summed E-state index contributed by atoms with van der Waals surface area (Å²) in [5.74, 6) is 0.138. The number of fused-ring (bicyclic) bond motifs is 3. The Morgan fingerprint density at radius 2 is 1.76 bits per heavy atom. The maximum Gasteiger partial charge on any atom is 0.142 e. The Bertz CT molecular complexity index is 569. The minimum absolute atomic E-state index is 0.0104. The van der Waals surface area contributed by atoms with E-state index >= 15 is 0 Å². The summed E-state index contributed by atoms with van der Waals surface area (Å²) in [6.07, 6.45) is 0. The van der Waals surface area contributed by atoms with Crippen molar-refractivity contribution in [1.29, 1.82) is 0 Å². The maximum absolute atomic E-state index is 12.3. The van der Waals surface area contributed by atoms with Gasteiger partial charge in [-0.15, -0.1) is 22.7 Å². The topological polar surface area (TPSA) is 34.1 Å². The molecule has 5 heteroatoms. The highest BCUT2D eigenvalue weighted by molar-refractivity contribution is 7.86. The third-order valence-corrected chi connectivity index (χ3v) is 6.52. The Hall–Kier alpha value is -0.780. The van der Waals surface area contributed by atoms with Crippen molar-refractivity contribution >= 4 is 39.3 Å². The highest BCUT2D eigenvalue weighted by atomic mass is 32.2. The quantitative estimate of drug-likeness (QED) is 0.866. The lowest BCUT2D eigenvalue weighted by Crippen LogP contribution is -2.13. The number of rotatable bonds is 3.